The minimum Gasteiger partial charge on any atom is -0.388 e. The van der Waals surface area contributed by atoms with Gasteiger partial charge in [0, 0.05) is 13.1 Å². The highest BCUT2D eigenvalue weighted by molar-refractivity contribution is 5.82. The number of amides is 1. The van der Waals surface area contributed by atoms with Crippen molar-refractivity contribution in [2.75, 3.05) is 13.1 Å². The summed E-state index contributed by atoms with van der Waals surface area (Å²) in [6.45, 7) is 2.69. The molecule has 0 spiro atoms. The lowest BCUT2D eigenvalue weighted by atomic mass is 9.91. The van der Waals surface area contributed by atoms with Gasteiger partial charge < -0.3 is 36.8 Å². The molecule has 1 rings (SSSR count). The van der Waals surface area contributed by atoms with E-state index in [1.54, 1.807) is 0 Å². The van der Waals surface area contributed by atoms with Crippen LogP contribution >= 0.6 is 0 Å². The topological polar surface area (TPSA) is 151 Å². The van der Waals surface area contributed by atoms with Crippen molar-refractivity contribution in [2.24, 2.45) is 11.5 Å². The molecule has 0 aliphatic carbocycles. The summed E-state index contributed by atoms with van der Waals surface area (Å²) in [4.78, 5) is 12.2. The largest absolute Gasteiger partial charge is 0.388 e. The zero-order valence-electron chi connectivity index (χ0n) is 17.3. The maximum absolute atomic E-state index is 12.2. The van der Waals surface area contributed by atoms with E-state index in [9.17, 15) is 20.1 Å². The van der Waals surface area contributed by atoms with Crippen molar-refractivity contribution >= 4 is 5.91 Å². The Hall–Kier alpha value is -0.770. The van der Waals surface area contributed by atoms with Crippen LogP contribution in [0.4, 0.5) is 0 Å². The number of aliphatic hydroxyl groups excluding tert-OH is 3. The van der Waals surface area contributed by atoms with E-state index in [0.717, 1.165) is 19.3 Å². The van der Waals surface area contributed by atoms with Gasteiger partial charge in [0.25, 0.3) is 0 Å². The van der Waals surface area contributed by atoms with E-state index in [4.69, 9.17) is 16.2 Å². The number of hydrogen-bond acceptors (Lipinski definition) is 7. The Kier molecular flexibility index (Phi) is 12.9. The second kappa shape index (κ2) is 14.3. The van der Waals surface area contributed by atoms with Crippen molar-refractivity contribution < 1.29 is 24.9 Å². The number of hydrogen-bond donors (Lipinski definition) is 6. The Labute approximate surface area is 169 Å². The number of aliphatic hydroxyl groups is 3. The fourth-order valence-electron chi connectivity index (χ4n) is 3.56. The van der Waals surface area contributed by atoms with Crippen molar-refractivity contribution in [2.45, 2.75) is 108 Å². The van der Waals surface area contributed by atoms with E-state index in [-0.39, 0.29) is 6.54 Å². The lowest BCUT2D eigenvalue weighted by Crippen LogP contribution is -2.65. The number of carbonyl (C=O) groups excluding carboxylic acids is 1. The van der Waals surface area contributed by atoms with Crippen LogP contribution in [0.3, 0.4) is 0 Å². The van der Waals surface area contributed by atoms with Crippen molar-refractivity contribution in [3.63, 3.8) is 0 Å². The minimum absolute atomic E-state index is 0.0472. The summed E-state index contributed by atoms with van der Waals surface area (Å²) >= 11 is 0. The first-order chi connectivity index (χ1) is 13.4. The molecule has 8 nitrogen and oxygen atoms in total. The highest BCUT2D eigenvalue weighted by Gasteiger charge is 2.46. The second-order valence-electron chi connectivity index (χ2n) is 7.85. The lowest BCUT2D eigenvalue weighted by molar-refractivity contribution is -0.223. The maximum atomic E-state index is 12.2. The number of rotatable bonds is 14. The molecule has 8 heteroatoms. The third kappa shape index (κ3) is 8.31. The average molecular weight is 404 g/mol. The molecule has 28 heavy (non-hydrogen) atoms. The van der Waals surface area contributed by atoms with Gasteiger partial charge in [-0.25, -0.2) is 0 Å². The SMILES string of the molecule is CCCCCCCCCCCCNC(=O)[C@H](N)[C@@H]1O[C@H](CN)[C@@H](O)[C@H](O)[C@H]1O. The molecule has 1 fully saturated rings. The molecule has 0 radical (unpaired) electrons. The zero-order valence-corrected chi connectivity index (χ0v) is 17.3. The van der Waals surface area contributed by atoms with Gasteiger partial charge in [-0.2, -0.15) is 0 Å². The molecule has 0 aromatic rings. The van der Waals surface area contributed by atoms with Gasteiger partial charge in [-0.1, -0.05) is 64.7 Å². The zero-order chi connectivity index (χ0) is 20.9. The van der Waals surface area contributed by atoms with E-state index in [2.05, 4.69) is 12.2 Å². The highest BCUT2D eigenvalue weighted by atomic mass is 16.5. The van der Waals surface area contributed by atoms with Crippen LogP contribution in [0.5, 0.6) is 0 Å². The monoisotopic (exact) mass is 403 g/mol. The first-order valence-electron chi connectivity index (χ1n) is 10.9. The predicted octanol–water partition coefficient (Wildman–Crippen LogP) is 0.160. The summed E-state index contributed by atoms with van der Waals surface area (Å²) in [5.41, 5.74) is 11.4. The fourth-order valence-corrected chi connectivity index (χ4v) is 3.56. The molecule has 1 aliphatic rings. The molecule has 1 amide bonds. The van der Waals surface area contributed by atoms with Gasteiger partial charge in [0.05, 0.1) is 6.10 Å². The normalized spacial score (nSPS) is 28.9. The Morgan fingerprint density at radius 3 is 2.00 bits per heavy atom. The Morgan fingerprint density at radius 2 is 1.46 bits per heavy atom. The van der Waals surface area contributed by atoms with Crippen LogP contribution in [0.1, 0.15) is 71.1 Å². The smallest absolute Gasteiger partial charge is 0.239 e. The summed E-state index contributed by atoms with van der Waals surface area (Å²) in [6, 6.07) is -1.14. The number of nitrogens with one attached hydrogen (secondary N) is 1. The third-order valence-electron chi connectivity index (χ3n) is 5.47. The van der Waals surface area contributed by atoms with Gasteiger partial charge in [-0.15, -0.1) is 0 Å². The van der Waals surface area contributed by atoms with E-state index < -0.39 is 42.5 Å². The van der Waals surface area contributed by atoms with Crippen LogP contribution in [-0.4, -0.2) is 70.9 Å². The predicted molar refractivity (Wildman–Crippen MR) is 109 cm³/mol. The van der Waals surface area contributed by atoms with Gasteiger partial charge >= 0.3 is 0 Å². The molecule has 6 atom stereocenters. The quantitative estimate of drug-likeness (QED) is 0.226. The van der Waals surface area contributed by atoms with Crippen molar-refractivity contribution in [1.29, 1.82) is 0 Å². The number of carbonyl (C=O) groups is 1. The van der Waals surface area contributed by atoms with E-state index >= 15 is 0 Å². The molecular formula is C20H41N3O5. The van der Waals surface area contributed by atoms with Gasteiger partial charge in [0.2, 0.25) is 5.91 Å². The first-order valence-corrected chi connectivity index (χ1v) is 10.9. The van der Waals surface area contributed by atoms with Crippen molar-refractivity contribution in [3.8, 4) is 0 Å². The first kappa shape index (κ1) is 25.3. The highest BCUT2D eigenvalue weighted by Crippen LogP contribution is 2.22. The molecule has 1 aliphatic heterocycles. The summed E-state index contributed by atoms with van der Waals surface area (Å²) in [5, 5.41) is 32.5. The standard InChI is InChI=1S/C20H41N3O5/c1-2-3-4-5-6-7-8-9-10-11-12-23-20(27)15(22)19-18(26)17(25)16(24)14(13-21)28-19/h14-19,24-26H,2-13,21-22H2,1H3,(H,23,27)/t14-,15-,16-,17+,18-,19+/m1/s1. The molecule has 0 aromatic carbocycles. The van der Waals surface area contributed by atoms with Crippen LogP contribution in [-0.2, 0) is 9.53 Å². The maximum Gasteiger partial charge on any atom is 0.239 e. The fraction of sp³-hybridized carbons (Fsp3) is 0.950. The van der Waals surface area contributed by atoms with Crippen LogP contribution in [0.15, 0.2) is 0 Å². The summed E-state index contributed by atoms with van der Waals surface area (Å²) in [5.74, 6) is -0.445. The van der Waals surface area contributed by atoms with Crippen molar-refractivity contribution in [1.82, 2.24) is 5.32 Å². The molecule has 0 unspecified atom stereocenters. The van der Waals surface area contributed by atoms with Crippen LogP contribution in [0.2, 0.25) is 0 Å². The molecule has 1 heterocycles. The molecule has 0 aromatic heterocycles. The van der Waals surface area contributed by atoms with Crippen LogP contribution < -0.4 is 16.8 Å². The second-order valence-corrected chi connectivity index (χ2v) is 7.85. The third-order valence-corrected chi connectivity index (χ3v) is 5.47. The number of unbranched alkanes of at least 4 members (excludes halogenated alkanes) is 9. The van der Waals surface area contributed by atoms with Crippen molar-refractivity contribution in [3.05, 3.63) is 0 Å². The average Bonchev–Trinajstić information content (AvgIpc) is 2.70. The van der Waals surface area contributed by atoms with Gasteiger partial charge in [0.15, 0.2) is 0 Å². The number of ether oxygens (including phenoxy) is 1. The van der Waals surface area contributed by atoms with Crippen LogP contribution in [0, 0.1) is 0 Å². The van der Waals surface area contributed by atoms with E-state index in [1.165, 1.54) is 44.9 Å². The van der Waals surface area contributed by atoms with Gasteiger partial charge in [-0.05, 0) is 6.42 Å². The summed E-state index contributed by atoms with van der Waals surface area (Å²) < 4.78 is 5.45. The van der Waals surface area contributed by atoms with Gasteiger partial charge in [0.1, 0.15) is 30.5 Å². The summed E-state index contributed by atoms with van der Waals surface area (Å²) in [6.07, 6.45) is 5.96. The van der Waals surface area contributed by atoms with Gasteiger partial charge in [-0.3, -0.25) is 4.79 Å². The van der Waals surface area contributed by atoms with E-state index in [0.29, 0.717) is 6.54 Å². The minimum atomic E-state index is -1.45. The lowest BCUT2D eigenvalue weighted by Gasteiger charge is -2.42. The van der Waals surface area contributed by atoms with Crippen LogP contribution in [0.25, 0.3) is 0 Å². The Morgan fingerprint density at radius 1 is 0.929 bits per heavy atom. The Bertz CT molecular complexity index is 425. The number of nitrogens with two attached hydrogens (primary N) is 2. The molecule has 8 N–H and O–H groups in total. The van der Waals surface area contributed by atoms with E-state index in [1.807, 2.05) is 0 Å². The molecule has 0 saturated carbocycles. The Balaban J connectivity index is 2.17. The molecular weight excluding hydrogens is 362 g/mol. The molecule has 0 bridgehead atoms. The molecule has 166 valence electrons. The molecule has 1 saturated heterocycles. The summed E-state index contributed by atoms with van der Waals surface area (Å²) in [7, 11) is 0.